The molecule has 1 amide bonds. The molecule has 1 saturated heterocycles. The van der Waals surface area contributed by atoms with Crippen LogP contribution in [0.2, 0.25) is 5.02 Å². The smallest absolute Gasteiger partial charge is 0.226 e. The van der Waals surface area contributed by atoms with Gasteiger partial charge in [-0.05, 0) is 72.9 Å². The number of benzene rings is 2. The van der Waals surface area contributed by atoms with Crippen LogP contribution in [0.1, 0.15) is 30.0 Å². The highest BCUT2D eigenvalue weighted by molar-refractivity contribution is 7.80. The summed E-state index contributed by atoms with van der Waals surface area (Å²) < 4.78 is 6.31. The van der Waals surface area contributed by atoms with Gasteiger partial charge in [0.25, 0.3) is 0 Å². The average molecular weight is 503 g/mol. The first kappa shape index (κ1) is 23.1. The monoisotopic (exact) mass is 502 g/mol. The van der Waals surface area contributed by atoms with Crippen LogP contribution in [0.15, 0.2) is 95.5 Å². The lowest BCUT2D eigenvalue weighted by molar-refractivity contribution is -0.116. The van der Waals surface area contributed by atoms with Crippen LogP contribution in [0.5, 0.6) is 0 Å². The van der Waals surface area contributed by atoms with Crippen molar-refractivity contribution in [2.75, 3.05) is 11.9 Å². The molecule has 0 spiro atoms. The maximum atomic E-state index is 12.6. The van der Waals surface area contributed by atoms with E-state index in [0.717, 1.165) is 28.5 Å². The van der Waals surface area contributed by atoms with Crippen LogP contribution in [0.4, 0.5) is 5.69 Å². The first-order valence-electron chi connectivity index (χ1n) is 11.3. The van der Waals surface area contributed by atoms with Crippen LogP contribution in [0.25, 0.3) is 11.3 Å². The van der Waals surface area contributed by atoms with Crippen molar-refractivity contribution < 1.29 is 9.21 Å². The summed E-state index contributed by atoms with van der Waals surface area (Å²) in [5.74, 6) is 1.39. The average Bonchev–Trinajstić information content (AvgIpc) is 3.49. The van der Waals surface area contributed by atoms with Gasteiger partial charge < -0.3 is 20.0 Å². The molecule has 0 saturated carbocycles. The van der Waals surface area contributed by atoms with Crippen LogP contribution in [-0.4, -0.2) is 27.4 Å². The van der Waals surface area contributed by atoms with Crippen molar-refractivity contribution >= 4 is 40.5 Å². The Kier molecular flexibility index (Phi) is 6.79. The van der Waals surface area contributed by atoms with E-state index in [0.29, 0.717) is 16.7 Å². The van der Waals surface area contributed by atoms with Crippen molar-refractivity contribution in [1.29, 1.82) is 0 Å². The van der Waals surface area contributed by atoms with Gasteiger partial charge in [0.15, 0.2) is 5.11 Å². The van der Waals surface area contributed by atoms with Gasteiger partial charge in [-0.2, -0.15) is 0 Å². The van der Waals surface area contributed by atoms with Gasteiger partial charge in [-0.1, -0.05) is 35.9 Å². The zero-order valence-electron chi connectivity index (χ0n) is 18.7. The second-order valence-corrected chi connectivity index (χ2v) is 9.02. The number of pyridine rings is 1. The van der Waals surface area contributed by atoms with E-state index in [1.54, 1.807) is 6.20 Å². The Morgan fingerprint density at radius 1 is 1.03 bits per heavy atom. The first-order chi connectivity index (χ1) is 17.1. The third-order valence-corrected chi connectivity index (χ3v) is 6.49. The second-order valence-electron chi connectivity index (χ2n) is 8.19. The quantitative estimate of drug-likeness (QED) is 0.302. The van der Waals surface area contributed by atoms with E-state index in [9.17, 15) is 4.79 Å². The minimum Gasteiger partial charge on any atom is -0.459 e. The summed E-state index contributed by atoms with van der Waals surface area (Å²) in [5, 5.41) is 7.54. The summed E-state index contributed by atoms with van der Waals surface area (Å²) in [4.78, 5) is 19.2. The van der Waals surface area contributed by atoms with Gasteiger partial charge in [0, 0.05) is 35.4 Å². The number of hydrogen-bond donors (Lipinski definition) is 2. The normalized spacial score (nSPS) is 17.3. The molecule has 2 aromatic heterocycles. The highest BCUT2D eigenvalue weighted by atomic mass is 35.5. The summed E-state index contributed by atoms with van der Waals surface area (Å²) in [7, 11) is 0. The fourth-order valence-electron chi connectivity index (χ4n) is 4.20. The molecule has 2 aromatic carbocycles. The van der Waals surface area contributed by atoms with Crippen molar-refractivity contribution in [1.82, 2.24) is 15.2 Å². The van der Waals surface area contributed by atoms with Crippen LogP contribution in [-0.2, 0) is 4.79 Å². The molecule has 8 heteroatoms. The number of halogens is 1. The molecule has 0 bridgehead atoms. The third kappa shape index (κ3) is 5.21. The molecule has 1 fully saturated rings. The Labute approximate surface area is 213 Å². The van der Waals surface area contributed by atoms with E-state index < -0.39 is 0 Å². The van der Waals surface area contributed by atoms with Gasteiger partial charge in [-0.25, -0.2) is 0 Å². The van der Waals surface area contributed by atoms with Gasteiger partial charge in [0.05, 0.1) is 11.7 Å². The maximum absolute atomic E-state index is 12.6. The Balaban J connectivity index is 1.40. The molecule has 35 heavy (non-hydrogen) atoms. The Bertz CT molecular complexity index is 1310. The Hall–Kier alpha value is -3.68. The number of thiocarbonyl (C=S) groups is 1. The number of carbonyl (C=O) groups is 1. The molecule has 5 rings (SSSR count). The standard InChI is InChI=1S/C27H23ClN4O2S/c28-19-11-9-18(10-12-19)22-13-14-23(34-22)26-25(21-8-4-5-16-29-21)31-27(35)32(26)17-15-24(33)30-20-6-2-1-3-7-20/h1-14,16,25-26H,15,17H2,(H,30,33)(H,31,35)/t25-,26-/m1/s1. The number of nitrogens with zero attached hydrogens (tertiary/aromatic N) is 2. The molecule has 1 aliphatic rings. The van der Waals surface area contributed by atoms with Gasteiger partial charge in [0.1, 0.15) is 17.6 Å². The number of rotatable bonds is 7. The molecule has 0 unspecified atom stereocenters. The fraction of sp³-hybridized carbons (Fsp3) is 0.148. The van der Waals surface area contributed by atoms with Crippen molar-refractivity contribution in [2.45, 2.75) is 18.5 Å². The molecule has 1 aliphatic heterocycles. The van der Waals surface area contributed by atoms with Gasteiger partial charge in [-0.15, -0.1) is 0 Å². The predicted octanol–water partition coefficient (Wildman–Crippen LogP) is 6.00. The lowest BCUT2D eigenvalue weighted by Gasteiger charge is -2.25. The van der Waals surface area contributed by atoms with E-state index in [2.05, 4.69) is 15.6 Å². The van der Waals surface area contributed by atoms with Crippen LogP contribution >= 0.6 is 23.8 Å². The first-order valence-corrected chi connectivity index (χ1v) is 12.1. The van der Waals surface area contributed by atoms with Gasteiger partial charge >= 0.3 is 0 Å². The van der Waals surface area contributed by atoms with Crippen LogP contribution in [0.3, 0.4) is 0 Å². The zero-order valence-corrected chi connectivity index (χ0v) is 20.3. The largest absolute Gasteiger partial charge is 0.459 e. The van der Waals surface area contributed by atoms with Crippen molar-refractivity contribution in [3.63, 3.8) is 0 Å². The summed E-state index contributed by atoms with van der Waals surface area (Å²) in [6.07, 6.45) is 2.03. The van der Waals surface area contributed by atoms with E-state index >= 15 is 0 Å². The number of para-hydroxylation sites is 1. The number of amides is 1. The highest BCUT2D eigenvalue weighted by Gasteiger charge is 2.41. The van der Waals surface area contributed by atoms with Gasteiger partial charge in [0.2, 0.25) is 5.91 Å². The van der Waals surface area contributed by atoms with Crippen molar-refractivity contribution in [3.05, 3.63) is 108 Å². The second kappa shape index (κ2) is 10.3. The molecule has 6 nitrogen and oxygen atoms in total. The predicted molar refractivity (Wildman–Crippen MR) is 141 cm³/mol. The van der Waals surface area contributed by atoms with E-state index in [-0.39, 0.29) is 24.4 Å². The SMILES string of the molecule is O=C(CCN1C(=S)N[C@H](c2ccccn2)[C@H]1c1ccc(-c2ccc(Cl)cc2)o1)Nc1ccccc1. The summed E-state index contributed by atoms with van der Waals surface area (Å²) in [5.41, 5.74) is 2.54. The highest BCUT2D eigenvalue weighted by Crippen LogP contribution is 2.40. The van der Waals surface area contributed by atoms with Crippen LogP contribution < -0.4 is 10.6 Å². The van der Waals surface area contributed by atoms with Gasteiger partial charge in [-0.3, -0.25) is 9.78 Å². The minimum absolute atomic E-state index is 0.0830. The maximum Gasteiger partial charge on any atom is 0.226 e. The number of carbonyl (C=O) groups excluding carboxylic acids is 1. The van der Waals surface area contributed by atoms with E-state index in [1.807, 2.05) is 89.8 Å². The molecule has 176 valence electrons. The molecule has 4 aromatic rings. The fourth-order valence-corrected chi connectivity index (χ4v) is 4.66. The zero-order chi connectivity index (χ0) is 24.2. The van der Waals surface area contributed by atoms with Crippen molar-refractivity contribution in [3.8, 4) is 11.3 Å². The Morgan fingerprint density at radius 2 is 1.80 bits per heavy atom. The number of aromatic nitrogens is 1. The topological polar surface area (TPSA) is 70.4 Å². The summed E-state index contributed by atoms with van der Waals surface area (Å²) >= 11 is 11.7. The number of hydrogen-bond acceptors (Lipinski definition) is 4. The molecule has 2 atom stereocenters. The number of furan rings is 1. The lowest BCUT2D eigenvalue weighted by Crippen LogP contribution is -2.32. The van der Waals surface area contributed by atoms with Crippen LogP contribution in [0, 0.1) is 0 Å². The van der Waals surface area contributed by atoms with E-state index in [1.165, 1.54) is 0 Å². The summed E-state index contributed by atoms with van der Waals surface area (Å²) in [6, 6.07) is 26.1. The number of nitrogens with one attached hydrogen (secondary N) is 2. The third-order valence-electron chi connectivity index (χ3n) is 5.88. The van der Waals surface area contributed by atoms with E-state index in [4.69, 9.17) is 28.2 Å². The molecular formula is C27H23ClN4O2S. The Morgan fingerprint density at radius 3 is 2.54 bits per heavy atom. The molecule has 3 heterocycles. The molecule has 2 N–H and O–H groups in total. The summed E-state index contributed by atoms with van der Waals surface area (Å²) in [6.45, 7) is 0.426. The lowest BCUT2D eigenvalue weighted by atomic mass is 10.0. The molecule has 0 aliphatic carbocycles. The number of anilines is 1. The van der Waals surface area contributed by atoms with Crippen molar-refractivity contribution in [2.24, 2.45) is 0 Å². The molecule has 0 radical (unpaired) electrons. The minimum atomic E-state index is -0.261. The molecular weight excluding hydrogens is 480 g/mol.